The molecule has 0 saturated carbocycles. The van der Waals surface area contributed by atoms with Gasteiger partial charge in [0.15, 0.2) is 0 Å². The Hall–Kier alpha value is -1.22. The van der Waals surface area contributed by atoms with Gasteiger partial charge in [0.1, 0.15) is 11.6 Å². The largest absolute Gasteiger partial charge is 0.330 e. The van der Waals surface area contributed by atoms with E-state index in [1.54, 1.807) is 6.07 Å². The highest BCUT2D eigenvalue weighted by molar-refractivity contribution is 5.81. The molecule has 1 rings (SSSR count). The summed E-state index contributed by atoms with van der Waals surface area (Å²) in [7, 11) is 0. The summed E-state index contributed by atoms with van der Waals surface area (Å²) in [5, 5.41) is 0. The molecule has 0 spiro atoms. The molecular formula is C15H22FNO. The average Bonchev–Trinajstić information content (AvgIpc) is 2.31. The van der Waals surface area contributed by atoms with E-state index in [1.807, 2.05) is 6.92 Å². The minimum Gasteiger partial charge on any atom is -0.330 e. The number of Topliss-reactive ketones (excluding diaryl/α,β-unsaturated/α-hetero) is 1. The number of rotatable bonds is 7. The van der Waals surface area contributed by atoms with Gasteiger partial charge in [-0.05, 0) is 55.5 Å². The lowest BCUT2D eigenvalue weighted by molar-refractivity contribution is -0.118. The lowest BCUT2D eigenvalue weighted by atomic mass is 9.96. The van der Waals surface area contributed by atoms with Crippen LogP contribution in [0.4, 0.5) is 4.39 Å². The summed E-state index contributed by atoms with van der Waals surface area (Å²) in [6.07, 6.45) is 2.83. The second kappa shape index (κ2) is 7.27. The number of ketones is 1. The summed E-state index contributed by atoms with van der Waals surface area (Å²) in [5.41, 5.74) is 7.24. The predicted octanol–water partition coefficient (Wildman–Crippen LogP) is 3.01. The minimum atomic E-state index is -0.250. The molecule has 1 atom stereocenters. The number of benzene rings is 1. The van der Waals surface area contributed by atoms with Crippen LogP contribution in [0.5, 0.6) is 0 Å². The van der Waals surface area contributed by atoms with E-state index in [0.29, 0.717) is 25.3 Å². The zero-order valence-electron chi connectivity index (χ0n) is 11.2. The topological polar surface area (TPSA) is 43.1 Å². The van der Waals surface area contributed by atoms with Gasteiger partial charge in [-0.1, -0.05) is 13.0 Å². The first-order valence-corrected chi connectivity index (χ1v) is 6.49. The summed E-state index contributed by atoms with van der Waals surface area (Å²) in [5.74, 6) is 0.460. The molecule has 0 bridgehead atoms. The van der Waals surface area contributed by atoms with Crippen LogP contribution in [0.3, 0.4) is 0 Å². The fourth-order valence-corrected chi connectivity index (χ4v) is 1.99. The van der Waals surface area contributed by atoms with Crippen molar-refractivity contribution in [2.24, 2.45) is 11.7 Å². The number of carbonyl (C=O) groups excluding carboxylic acids is 1. The first kappa shape index (κ1) is 14.8. The predicted molar refractivity (Wildman–Crippen MR) is 71.9 cm³/mol. The van der Waals surface area contributed by atoms with Crippen molar-refractivity contribution in [2.45, 2.75) is 39.5 Å². The van der Waals surface area contributed by atoms with Crippen LogP contribution in [0.2, 0.25) is 0 Å². The standard InChI is InChI=1S/C15H22FNO/c1-11(7-8-17)3-6-15(18)10-13-4-5-14(16)9-12(13)2/h4-5,9,11H,3,6-8,10,17H2,1-2H3. The van der Waals surface area contributed by atoms with Crippen LogP contribution in [0.1, 0.15) is 37.3 Å². The summed E-state index contributed by atoms with van der Waals surface area (Å²) in [6.45, 7) is 4.62. The second-order valence-electron chi connectivity index (χ2n) is 5.01. The van der Waals surface area contributed by atoms with Crippen molar-refractivity contribution >= 4 is 5.78 Å². The van der Waals surface area contributed by atoms with Crippen LogP contribution >= 0.6 is 0 Å². The molecule has 0 aliphatic carbocycles. The highest BCUT2D eigenvalue weighted by Crippen LogP contribution is 2.14. The third-order valence-corrected chi connectivity index (χ3v) is 3.27. The maximum Gasteiger partial charge on any atom is 0.137 e. The van der Waals surface area contributed by atoms with Gasteiger partial charge >= 0.3 is 0 Å². The molecule has 0 aliphatic rings. The normalized spacial score (nSPS) is 12.4. The van der Waals surface area contributed by atoms with Gasteiger partial charge in [-0.15, -0.1) is 0 Å². The van der Waals surface area contributed by atoms with Gasteiger partial charge in [0.2, 0.25) is 0 Å². The summed E-state index contributed by atoms with van der Waals surface area (Å²) >= 11 is 0. The molecule has 3 heteroatoms. The van der Waals surface area contributed by atoms with Crippen molar-refractivity contribution in [1.82, 2.24) is 0 Å². The van der Waals surface area contributed by atoms with Gasteiger partial charge in [0, 0.05) is 12.8 Å². The lowest BCUT2D eigenvalue weighted by Gasteiger charge is -2.09. The van der Waals surface area contributed by atoms with E-state index in [4.69, 9.17) is 5.73 Å². The second-order valence-corrected chi connectivity index (χ2v) is 5.01. The lowest BCUT2D eigenvalue weighted by Crippen LogP contribution is -2.09. The molecule has 0 aliphatic heterocycles. The Morgan fingerprint density at radius 2 is 2.11 bits per heavy atom. The summed E-state index contributed by atoms with van der Waals surface area (Å²) in [6, 6.07) is 4.58. The Balaban J connectivity index is 2.44. The fourth-order valence-electron chi connectivity index (χ4n) is 1.99. The van der Waals surface area contributed by atoms with Crippen molar-refractivity contribution < 1.29 is 9.18 Å². The highest BCUT2D eigenvalue weighted by Gasteiger charge is 2.09. The van der Waals surface area contributed by atoms with Gasteiger partial charge in [-0.25, -0.2) is 4.39 Å². The van der Waals surface area contributed by atoms with Crippen molar-refractivity contribution in [3.8, 4) is 0 Å². The van der Waals surface area contributed by atoms with E-state index in [0.717, 1.165) is 24.0 Å². The molecule has 18 heavy (non-hydrogen) atoms. The molecule has 1 unspecified atom stereocenters. The van der Waals surface area contributed by atoms with E-state index in [9.17, 15) is 9.18 Å². The van der Waals surface area contributed by atoms with E-state index >= 15 is 0 Å². The first-order chi connectivity index (χ1) is 8.52. The molecule has 1 aromatic carbocycles. The molecule has 0 saturated heterocycles. The third kappa shape index (κ3) is 4.96. The number of nitrogens with two attached hydrogens (primary N) is 1. The van der Waals surface area contributed by atoms with Crippen molar-refractivity contribution in [2.75, 3.05) is 6.54 Å². The van der Waals surface area contributed by atoms with Gasteiger partial charge in [-0.2, -0.15) is 0 Å². The molecule has 0 fully saturated rings. The zero-order valence-corrected chi connectivity index (χ0v) is 11.2. The highest BCUT2D eigenvalue weighted by atomic mass is 19.1. The molecule has 0 heterocycles. The number of aryl methyl sites for hydroxylation is 1. The van der Waals surface area contributed by atoms with E-state index < -0.39 is 0 Å². The summed E-state index contributed by atoms with van der Waals surface area (Å²) in [4.78, 5) is 11.8. The van der Waals surface area contributed by atoms with Crippen molar-refractivity contribution in [3.05, 3.63) is 35.1 Å². The average molecular weight is 251 g/mol. The van der Waals surface area contributed by atoms with Crippen LogP contribution in [0.15, 0.2) is 18.2 Å². The van der Waals surface area contributed by atoms with Crippen LogP contribution in [-0.4, -0.2) is 12.3 Å². The van der Waals surface area contributed by atoms with Gasteiger partial charge < -0.3 is 5.73 Å². The van der Waals surface area contributed by atoms with Crippen LogP contribution in [0.25, 0.3) is 0 Å². The molecular weight excluding hydrogens is 229 g/mol. The first-order valence-electron chi connectivity index (χ1n) is 6.49. The number of halogens is 1. The minimum absolute atomic E-state index is 0.216. The Morgan fingerprint density at radius 3 is 2.72 bits per heavy atom. The van der Waals surface area contributed by atoms with Gasteiger partial charge in [0.05, 0.1) is 0 Å². The molecule has 1 aromatic rings. The monoisotopic (exact) mass is 251 g/mol. The fraction of sp³-hybridized carbons (Fsp3) is 0.533. The van der Waals surface area contributed by atoms with Crippen LogP contribution in [0, 0.1) is 18.7 Å². The smallest absolute Gasteiger partial charge is 0.137 e. The Kier molecular flexibility index (Phi) is 5.99. The van der Waals surface area contributed by atoms with E-state index in [-0.39, 0.29) is 11.6 Å². The van der Waals surface area contributed by atoms with E-state index in [2.05, 4.69) is 6.92 Å². The number of hydrogen-bond acceptors (Lipinski definition) is 2. The molecule has 2 nitrogen and oxygen atoms in total. The Labute approximate surface area is 108 Å². The Morgan fingerprint density at radius 1 is 1.39 bits per heavy atom. The molecule has 2 N–H and O–H groups in total. The third-order valence-electron chi connectivity index (χ3n) is 3.27. The molecule has 0 aromatic heterocycles. The molecule has 0 radical (unpaired) electrons. The van der Waals surface area contributed by atoms with Crippen LogP contribution < -0.4 is 5.73 Å². The van der Waals surface area contributed by atoms with Gasteiger partial charge in [0.25, 0.3) is 0 Å². The summed E-state index contributed by atoms with van der Waals surface area (Å²) < 4.78 is 12.9. The quantitative estimate of drug-likeness (QED) is 0.809. The number of carbonyl (C=O) groups is 1. The molecule has 100 valence electrons. The maximum absolute atomic E-state index is 12.9. The van der Waals surface area contributed by atoms with E-state index in [1.165, 1.54) is 12.1 Å². The van der Waals surface area contributed by atoms with Gasteiger partial charge in [-0.3, -0.25) is 4.79 Å². The van der Waals surface area contributed by atoms with Crippen molar-refractivity contribution in [3.63, 3.8) is 0 Å². The Bertz CT molecular complexity index is 403. The SMILES string of the molecule is Cc1cc(F)ccc1CC(=O)CCC(C)CCN. The number of hydrogen-bond donors (Lipinski definition) is 1. The van der Waals surface area contributed by atoms with Crippen molar-refractivity contribution in [1.29, 1.82) is 0 Å². The maximum atomic E-state index is 12.9. The molecule has 0 amide bonds. The van der Waals surface area contributed by atoms with Crippen LogP contribution in [-0.2, 0) is 11.2 Å². The zero-order chi connectivity index (χ0) is 13.5.